The van der Waals surface area contributed by atoms with E-state index in [9.17, 15) is 4.79 Å². The van der Waals surface area contributed by atoms with Crippen LogP contribution in [0.1, 0.15) is 37.3 Å². The van der Waals surface area contributed by atoms with Crippen LogP contribution in [0.15, 0.2) is 35.9 Å². The fourth-order valence-corrected chi connectivity index (χ4v) is 1.80. The number of ether oxygens (including phenoxy) is 1. The first-order valence-corrected chi connectivity index (χ1v) is 6.49. The molecule has 0 aliphatic rings. The zero-order valence-corrected chi connectivity index (χ0v) is 11.3. The molecule has 0 saturated carbocycles. The summed E-state index contributed by atoms with van der Waals surface area (Å²) in [7, 11) is 0. The van der Waals surface area contributed by atoms with Gasteiger partial charge in [0.1, 0.15) is 6.61 Å². The summed E-state index contributed by atoms with van der Waals surface area (Å²) in [6.45, 7) is 5.01. The fraction of sp³-hybridized carbons (Fsp3) is 0.438. The second-order valence-corrected chi connectivity index (χ2v) is 4.69. The molecule has 0 fully saturated rings. The molecular weight excluding hydrogens is 224 g/mol. The van der Waals surface area contributed by atoms with Gasteiger partial charge in [0.15, 0.2) is 0 Å². The molecule has 0 heterocycles. The lowest BCUT2D eigenvalue weighted by atomic mass is 10.1. The molecule has 0 amide bonds. The highest BCUT2D eigenvalue weighted by atomic mass is 16.5. The number of carbonyl (C=O) groups excluding carboxylic acids is 1. The summed E-state index contributed by atoms with van der Waals surface area (Å²) in [6, 6.07) is 8.73. The molecule has 0 radical (unpaired) electrons. The van der Waals surface area contributed by atoms with Crippen molar-refractivity contribution in [3.8, 4) is 0 Å². The van der Waals surface area contributed by atoms with E-state index in [0.717, 1.165) is 18.4 Å². The zero-order chi connectivity index (χ0) is 13.2. The third-order valence-corrected chi connectivity index (χ3v) is 2.91. The second-order valence-electron chi connectivity index (χ2n) is 4.69. The summed E-state index contributed by atoms with van der Waals surface area (Å²) >= 11 is 0. The summed E-state index contributed by atoms with van der Waals surface area (Å²) in [6.07, 6.45) is 6.71. The average molecular weight is 246 g/mol. The number of rotatable bonds is 8. The SMILES string of the molecule is C/C(=C\CCCCc1ccc(C)cc1)COC=O. The number of benzene rings is 1. The number of hydrogen-bond acceptors (Lipinski definition) is 2. The van der Waals surface area contributed by atoms with Crippen molar-refractivity contribution in [1.29, 1.82) is 0 Å². The van der Waals surface area contributed by atoms with E-state index >= 15 is 0 Å². The molecule has 1 rings (SSSR count). The molecule has 0 aromatic heterocycles. The monoisotopic (exact) mass is 246 g/mol. The molecule has 18 heavy (non-hydrogen) atoms. The molecule has 1 aromatic rings. The van der Waals surface area contributed by atoms with Crippen LogP contribution in [0.25, 0.3) is 0 Å². The van der Waals surface area contributed by atoms with Gasteiger partial charge in [-0.2, -0.15) is 0 Å². The van der Waals surface area contributed by atoms with Crippen LogP contribution in [0.5, 0.6) is 0 Å². The van der Waals surface area contributed by atoms with Crippen molar-refractivity contribution in [2.75, 3.05) is 6.61 Å². The first-order valence-electron chi connectivity index (χ1n) is 6.49. The quantitative estimate of drug-likeness (QED) is 0.396. The Morgan fingerprint density at radius 1 is 1.22 bits per heavy atom. The van der Waals surface area contributed by atoms with E-state index in [4.69, 9.17) is 0 Å². The third kappa shape index (κ3) is 6.24. The standard InChI is InChI=1S/C16H22O2/c1-14-8-10-16(11-9-14)7-5-3-4-6-15(2)12-18-13-17/h6,8-11,13H,3-5,7,12H2,1-2H3/b15-6+. The molecule has 0 aliphatic heterocycles. The lowest BCUT2D eigenvalue weighted by molar-refractivity contribution is -0.127. The summed E-state index contributed by atoms with van der Waals surface area (Å²) in [5, 5.41) is 0. The Morgan fingerprint density at radius 2 is 1.94 bits per heavy atom. The summed E-state index contributed by atoms with van der Waals surface area (Å²) in [5.74, 6) is 0. The summed E-state index contributed by atoms with van der Waals surface area (Å²) < 4.78 is 4.68. The van der Waals surface area contributed by atoms with Crippen LogP contribution in [-0.4, -0.2) is 13.1 Å². The predicted octanol–water partition coefficient (Wildman–Crippen LogP) is 3.83. The largest absolute Gasteiger partial charge is 0.463 e. The van der Waals surface area contributed by atoms with E-state index in [2.05, 4.69) is 42.0 Å². The molecule has 0 spiro atoms. The summed E-state index contributed by atoms with van der Waals surface area (Å²) in [5.41, 5.74) is 3.84. The van der Waals surface area contributed by atoms with Crippen molar-refractivity contribution in [3.63, 3.8) is 0 Å². The normalized spacial score (nSPS) is 11.3. The van der Waals surface area contributed by atoms with Gasteiger partial charge in [-0.3, -0.25) is 4.79 Å². The Morgan fingerprint density at radius 3 is 2.61 bits per heavy atom. The molecule has 0 saturated heterocycles. The van der Waals surface area contributed by atoms with Gasteiger partial charge < -0.3 is 4.74 Å². The topological polar surface area (TPSA) is 26.3 Å². The Labute approximate surface area is 110 Å². The number of carbonyl (C=O) groups is 1. The smallest absolute Gasteiger partial charge is 0.293 e. The van der Waals surface area contributed by atoms with E-state index in [1.165, 1.54) is 24.0 Å². The molecule has 0 unspecified atom stereocenters. The van der Waals surface area contributed by atoms with E-state index in [0.29, 0.717) is 13.1 Å². The van der Waals surface area contributed by atoms with Gasteiger partial charge >= 0.3 is 0 Å². The predicted molar refractivity (Wildman–Crippen MR) is 74.5 cm³/mol. The first-order chi connectivity index (χ1) is 8.72. The van der Waals surface area contributed by atoms with Crippen molar-refractivity contribution in [2.24, 2.45) is 0 Å². The van der Waals surface area contributed by atoms with E-state index in [-0.39, 0.29) is 0 Å². The van der Waals surface area contributed by atoms with Crippen molar-refractivity contribution in [3.05, 3.63) is 47.0 Å². The molecule has 0 aliphatic carbocycles. The van der Waals surface area contributed by atoms with Gasteiger partial charge in [-0.25, -0.2) is 0 Å². The van der Waals surface area contributed by atoms with Crippen molar-refractivity contribution < 1.29 is 9.53 Å². The van der Waals surface area contributed by atoms with Gasteiger partial charge in [-0.1, -0.05) is 35.9 Å². The molecule has 0 N–H and O–H groups in total. The minimum absolute atomic E-state index is 0.418. The summed E-state index contributed by atoms with van der Waals surface area (Å²) in [4.78, 5) is 10.0. The highest BCUT2D eigenvalue weighted by molar-refractivity contribution is 5.37. The number of unbranched alkanes of at least 4 members (excludes halogenated alkanes) is 2. The average Bonchev–Trinajstić information content (AvgIpc) is 2.38. The number of aryl methyl sites for hydroxylation is 2. The molecule has 2 heteroatoms. The van der Waals surface area contributed by atoms with Gasteiger partial charge in [0.2, 0.25) is 0 Å². The Kier molecular flexibility index (Phi) is 6.85. The second kappa shape index (κ2) is 8.51. The maximum atomic E-state index is 10.0. The maximum absolute atomic E-state index is 10.0. The Hall–Kier alpha value is -1.57. The van der Waals surface area contributed by atoms with Gasteiger partial charge in [-0.15, -0.1) is 0 Å². The van der Waals surface area contributed by atoms with Crippen LogP contribution < -0.4 is 0 Å². The van der Waals surface area contributed by atoms with E-state index in [1.807, 2.05) is 6.92 Å². The molecule has 2 nitrogen and oxygen atoms in total. The molecule has 0 bridgehead atoms. The Balaban J connectivity index is 2.15. The van der Waals surface area contributed by atoms with E-state index < -0.39 is 0 Å². The molecule has 0 atom stereocenters. The van der Waals surface area contributed by atoms with Gasteiger partial charge in [0.05, 0.1) is 0 Å². The third-order valence-electron chi connectivity index (χ3n) is 2.91. The minimum atomic E-state index is 0.418. The number of allylic oxidation sites excluding steroid dienone is 1. The minimum Gasteiger partial charge on any atom is -0.463 e. The van der Waals surface area contributed by atoms with Crippen molar-refractivity contribution in [2.45, 2.75) is 39.5 Å². The highest BCUT2D eigenvalue weighted by Gasteiger charge is 1.94. The van der Waals surface area contributed by atoms with Crippen LogP contribution in [0.2, 0.25) is 0 Å². The van der Waals surface area contributed by atoms with Gasteiger partial charge in [0.25, 0.3) is 6.47 Å². The van der Waals surface area contributed by atoms with Crippen LogP contribution in [-0.2, 0) is 16.0 Å². The number of hydrogen-bond donors (Lipinski definition) is 0. The molecule has 1 aromatic carbocycles. The highest BCUT2D eigenvalue weighted by Crippen LogP contribution is 2.09. The van der Waals surface area contributed by atoms with Crippen molar-refractivity contribution >= 4 is 6.47 Å². The van der Waals surface area contributed by atoms with E-state index in [1.54, 1.807) is 0 Å². The van der Waals surface area contributed by atoms with Crippen LogP contribution >= 0.6 is 0 Å². The first kappa shape index (κ1) is 14.5. The van der Waals surface area contributed by atoms with Crippen LogP contribution in [0.3, 0.4) is 0 Å². The lowest BCUT2D eigenvalue weighted by Gasteiger charge is -2.02. The lowest BCUT2D eigenvalue weighted by Crippen LogP contribution is -1.92. The van der Waals surface area contributed by atoms with Crippen LogP contribution in [0.4, 0.5) is 0 Å². The van der Waals surface area contributed by atoms with Crippen LogP contribution in [0, 0.1) is 6.92 Å². The fourth-order valence-electron chi connectivity index (χ4n) is 1.80. The zero-order valence-electron chi connectivity index (χ0n) is 11.3. The maximum Gasteiger partial charge on any atom is 0.293 e. The van der Waals surface area contributed by atoms with Crippen molar-refractivity contribution in [1.82, 2.24) is 0 Å². The van der Waals surface area contributed by atoms with Gasteiger partial charge in [-0.05, 0) is 50.7 Å². The Bertz CT molecular complexity index is 377. The molecular formula is C16H22O2. The molecule has 98 valence electrons. The van der Waals surface area contributed by atoms with Gasteiger partial charge in [0, 0.05) is 0 Å².